The average molecular weight is 669 g/mol. The normalized spacial score (nSPS) is 16.1. The summed E-state index contributed by atoms with van der Waals surface area (Å²) in [5.74, 6) is -4.32. The fourth-order valence-corrected chi connectivity index (χ4v) is 6.06. The van der Waals surface area contributed by atoms with E-state index in [1.807, 2.05) is 0 Å². The maximum atomic E-state index is 13.1. The number of nitrogens with two attached hydrogens (primary N) is 1. The van der Waals surface area contributed by atoms with Gasteiger partial charge in [0.2, 0.25) is 10.0 Å². The van der Waals surface area contributed by atoms with E-state index in [1.165, 1.54) is 25.3 Å². The number of sulfonamides is 1. The molecular formula is C29H29F5N6O5S. The zero-order chi connectivity index (χ0) is 33.7. The van der Waals surface area contributed by atoms with Crippen molar-refractivity contribution in [3.05, 3.63) is 84.2 Å². The maximum Gasteiger partial charge on any atom is 0.573 e. The number of ether oxygens (including phenoxy) is 1. The van der Waals surface area contributed by atoms with E-state index in [-0.39, 0.29) is 36.5 Å². The van der Waals surface area contributed by atoms with Crippen LogP contribution in [-0.2, 0) is 27.3 Å². The van der Waals surface area contributed by atoms with Crippen LogP contribution in [0.15, 0.2) is 78.0 Å². The topological polar surface area (TPSA) is 152 Å². The molecule has 5 rings (SSSR count). The van der Waals surface area contributed by atoms with E-state index in [0.29, 0.717) is 23.5 Å². The number of aliphatic carboxylic acids is 1. The second-order valence-electron chi connectivity index (χ2n) is 9.97. The molecule has 46 heavy (non-hydrogen) atoms. The van der Waals surface area contributed by atoms with Crippen molar-refractivity contribution in [2.45, 2.75) is 43.1 Å². The van der Waals surface area contributed by atoms with E-state index in [2.05, 4.69) is 19.7 Å². The van der Waals surface area contributed by atoms with Crippen molar-refractivity contribution >= 4 is 33.0 Å². The van der Waals surface area contributed by atoms with Gasteiger partial charge in [-0.15, -0.1) is 13.2 Å². The number of rotatable bonds is 8. The van der Waals surface area contributed by atoms with Crippen molar-refractivity contribution in [3.8, 4) is 5.75 Å². The summed E-state index contributed by atoms with van der Waals surface area (Å²) in [4.78, 5) is 25.8. The highest BCUT2D eigenvalue weighted by atomic mass is 32.2. The minimum Gasteiger partial charge on any atom is -0.480 e. The van der Waals surface area contributed by atoms with Gasteiger partial charge in [-0.05, 0) is 42.0 Å². The van der Waals surface area contributed by atoms with Crippen LogP contribution in [0.2, 0.25) is 0 Å². The van der Waals surface area contributed by atoms with Gasteiger partial charge in [0.15, 0.2) is 5.65 Å². The molecule has 0 bridgehead atoms. The van der Waals surface area contributed by atoms with Crippen LogP contribution in [0.4, 0.5) is 27.8 Å². The number of fused-ring (bicyclic) bond motifs is 1. The summed E-state index contributed by atoms with van der Waals surface area (Å²) >= 11 is 0. The molecule has 0 radical (unpaired) electrons. The van der Waals surface area contributed by atoms with E-state index in [9.17, 15) is 40.3 Å². The third-order valence-electron chi connectivity index (χ3n) is 6.96. The molecule has 17 heteroatoms. The van der Waals surface area contributed by atoms with Crippen molar-refractivity contribution in [1.29, 1.82) is 0 Å². The Kier molecular flexibility index (Phi) is 10.4. The van der Waals surface area contributed by atoms with Gasteiger partial charge in [-0.2, -0.15) is 4.31 Å². The SMILES string of the molecule is CCC(F)(F)c1ccc(CN)cc1.O=C(O)[C@H]1CN(c2cnc3ncccc3n2)CCN1S(=O)(=O)c1ccc(OC(F)(F)F)cc1. The predicted molar refractivity (Wildman–Crippen MR) is 157 cm³/mol. The van der Waals surface area contributed by atoms with Gasteiger partial charge in [0.25, 0.3) is 5.92 Å². The van der Waals surface area contributed by atoms with Gasteiger partial charge in [0.1, 0.15) is 23.1 Å². The number of carboxylic acids is 1. The summed E-state index contributed by atoms with van der Waals surface area (Å²) < 4.78 is 93.9. The number of halogens is 5. The highest BCUT2D eigenvalue weighted by molar-refractivity contribution is 7.89. The first-order valence-electron chi connectivity index (χ1n) is 13.7. The molecule has 2 aromatic heterocycles. The second kappa shape index (κ2) is 13.9. The quantitative estimate of drug-likeness (QED) is 0.256. The van der Waals surface area contributed by atoms with Crippen LogP contribution in [0.1, 0.15) is 24.5 Å². The Bertz CT molecular complexity index is 1760. The zero-order valence-corrected chi connectivity index (χ0v) is 25.0. The molecule has 246 valence electrons. The first-order valence-corrected chi connectivity index (χ1v) is 15.2. The standard InChI is InChI=1S/C19H16F3N5O5S.C10H13F2N/c20-19(21,22)32-12-3-5-13(6-4-12)33(30,31)27-9-8-26(11-15(27)18(28)29)16-10-24-17-14(25-16)2-1-7-23-17;1-2-10(11,12)9-5-3-8(7-13)4-6-9/h1-7,10,15H,8-9,11H2,(H,28,29);3-6H,2,7,13H2,1H3/t15-;/m1./s1. The smallest absolute Gasteiger partial charge is 0.480 e. The third-order valence-corrected chi connectivity index (χ3v) is 8.89. The summed E-state index contributed by atoms with van der Waals surface area (Å²) in [6, 6.07) is 11.6. The average Bonchev–Trinajstić information content (AvgIpc) is 3.04. The number of hydrogen-bond acceptors (Lipinski definition) is 9. The number of aromatic nitrogens is 3. The summed E-state index contributed by atoms with van der Waals surface area (Å²) in [5, 5.41) is 9.70. The van der Waals surface area contributed by atoms with Gasteiger partial charge in [0, 0.05) is 44.4 Å². The first kappa shape index (κ1) is 34.4. The number of alkyl halides is 5. The number of anilines is 1. The molecule has 1 saturated heterocycles. The Labute approximate surface area is 260 Å². The van der Waals surface area contributed by atoms with Crippen LogP contribution < -0.4 is 15.4 Å². The Morgan fingerprint density at radius 3 is 2.28 bits per heavy atom. The van der Waals surface area contributed by atoms with E-state index < -0.39 is 40.1 Å². The van der Waals surface area contributed by atoms with E-state index >= 15 is 0 Å². The largest absolute Gasteiger partial charge is 0.573 e. The van der Waals surface area contributed by atoms with Crippen LogP contribution in [0, 0.1) is 0 Å². The summed E-state index contributed by atoms with van der Waals surface area (Å²) in [6.45, 7) is 1.59. The lowest BCUT2D eigenvalue weighted by molar-refractivity contribution is -0.274. The third kappa shape index (κ3) is 8.21. The highest BCUT2D eigenvalue weighted by Crippen LogP contribution is 2.31. The van der Waals surface area contributed by atoms with Gasteiger partial charge in [0.05, 0.1) is 11.1 Å². The van der Waals surface area contributed by atoms with E-state index in [1.54, 1.807) is 35.4 Å². The molecule has 1 aliphatic heterocycles. The summed E-state index contributed by atoms with van der Waals surface area (Å²) in [6.07, 6.45) is -2.11. The van der Waals surface area contributed by atoms with Crippen molar-refractivity contribution in [2.75, 3.05) is 24.5 Å². The molecule has 1 aliphatic rings. The van der Waals surface area contributed by atoms with E-state index in [0.717, 1.165) is 34.1 Å². The lowest BCUT2D eigenvalue weighted by atomic mass is 10.0. The monoisotopic (exact) mass is 668 g/mol. The van der Waals surface area contributed by atoms with Crippen LogP contribution in [0.25, 0.3) is 11.2 Å². The minimum atomic E-state index is -4.92. The lowest BCUT2D eigenvalue weighted by Crippen LogP contribution is -2.58. The van der Waals surface area contributed by atoms with Crippen LogP contribution >= 0.6 is 0 Å². The Balaban J connectivity index is 0.000000310. The predicted octanol–water partition coefficient (Wildman–Crippen LogP) is 4.53. The van der Waals surface area contributed by atoms with Gasteiger partial charge in [-0.3, -0.25) is 4.79 Å². The number of piperazine rings is 1. The molecule has 4 aromatic rings. The molecule has 0 spiro atoms. The first-order chi connectivity index (χ1) is 21.6. The molecule has 1 atom stereocenters. The van der Waals surface area contributed by atoms with Crippen molar-refractivity contribution in [1.82, 2.24) is 19.3 Å². The van der Waals surface area contributed by atoms with Crippen molar-refractivity contribution < 1.29 is 45.0 Å². The fraction of sp³-hybridized carbons (Fsp3) is 0.310. The number of carbonyl (C=O) groups is 1. The second-order valence-corrected chi connectivity index (χ2v) is 11.9. The molecule has 0 saturated carbocycles. The number of carboxylic acid groups (broad SMARTS) is 1. The lowest BCUT2D eigenvalue weighted by Gasteiger charge is -2.38. The molecule has 2 aromatic carbocycles. The molecular weight excluding hydrogens is 639 g/mol. The number of hydrogen-bond donors (Lipinski definition) is 2. The molecule has 1 fully saturated rings. The zero-order valence-electron chi connectivity index (χ0n) is 24.2. The maximum absolute atomic E-state index is 13.1. The summed E-state index contributed by atoms with van der Waals surface area (Å²) in [5.41, 5.74) is 7.20. The molecule has 0 unspecified atom stereocenters. The molecule has 11 nitrogen and oxygen atoms in total. The Morgan fingerprint density at radius 2 is 1.70 bits per heavy atom. The summed E-state index contributed by atoms with van der Waals surface area (Å²) in [7, 11) is -4.31. The van der Waals surface area contributed by atoms with Gasteiger partial charge >= 0.3 is 12.3 Å². The van der Waals surface area contributed by atoms with Gasteiger partial charge < -0.3 is 20.5 Å². The fourth-order valence-electron chi connectivity index (χ4n) is 4.50. The van der Waals surface area contributed by atoms with Crippen LogP contribution in [0.5, 0.6) is 5.75 Å². The Morgan fingerprint density at radius 1 is 1.02 bits per heavy atom. The molecule has 3 N–H and O–H groups in total. The van der Waals surface area contributed by atoms with Crippen molar-refractivity contribution in [3.63, 3.8) is 0 Å². The number of nitrogens with zero attached hydrogens (tertiary/aromatic N) is 5. The number of benzene rings is 2. The molecule has 0 aliphatic carbocycles. The van der Waals surface area contributed by atoms with Crippen molar-refractivity contribution in [2.24, 2.45) is 5.73 Å². The molecule has 0 amide bonds. The van der Waals surface area contributed by atoms with Gasteiger partial charge in [-0.1, -0.05) is 31.2 Å². The minimum absolute atomic E-state index is 0.0622. The van der Waals surface area contributed by atoms with Gasteiger partial charge in [-0.25, -0.2) is 32.2 Å². The molecule has 3 heterocycles. The number of pyridine rings is 1. The van der Waals surface area contributed by atoms with Crippen LogP contribution in [-0.4, -0.2) is 70.8 Å². The highest BCUT2D eigenvalue weighted by Gasteiger charge is 2.41. The van der Waals surface area contributed by atoms with E-state index in [4.69, 9.17) is 5.73 Å². The van der Waals surface area contributed by atoms with Crippen LogP contribution in [0.3, 0.4) is 0 Å². The Hall–Kier alpha value is -4.48.